The van der Waals surface area contributed by atoms with E-state index in [1.807, 2.05) is 6.08 Å². The average Bonchev–Trinajstić information content (AvgIpc) is 0.781. The number of ether oxygens (including phenoxy) is 6. The summed E-state index contributed by atoms with van der Waals surface area (Å²) in [5, 5.41) is 121. The Bertz CT molecular complexity index is 2080. The molecule has 0 aromatic heterocycles. The lowest BCUT2D eigenvalue weighted by Gasteiger charge is -2.48. The molecule has 102 heavy (non-hydrogen) atoms. The predicted octanol–water partition coefficient (Wildman–Crippen LogP) is 14.2. The molecule has 0 spiro atoms. The third kappa shape index (κ3) is 42.9. The van der Waals surface area contributed by atoms with Crippen LogP contribution >= 0.6 is 0 Å². The molecule has 1 amide bonds. The maximum atomic E-state index is 13.5. The maximum absolute atomic E-state index is 13.5. The molecule has 0 aliphatic carbocycles. The summed E-state index contributed by atoms with van der Waals surface area (Å²) >= 11 is 0. The molecule has 0 aromatic carbocycles. The molecule has 3 aliphatic heterocycles. The second-order valence-corrected chi connectivity index (χ2v) is 29.6. The molecule has 0 radical (unpaired) electrons. The first kappa shape index (κ1) is 93.7. The Hall–Kier alpha value is -2.51. The minimum absolute atomic E-state index is 0.235. The maximum Gasteiger partial charge on any atom is 0.220 e. The topological polar surface area (TPSA) is 307 Å². The number of hydrogen-bond donors (Lipinski definition) is 12. The summed E-state index contributed by atoms with van der Waals surface area (Å²) < 4.78 is 34.5. The number of allylic oxidation sites excluding steroid dienone is 9. The van der Waals surface area contributed by atoms with Crippen LogP contribution in [-0.2, 0) is 33.2 Å². The fourth-order valence-corrected chi connectivity index (χ4v) is 13.9. The van der Waals surface area contributed by atoms with Crippen LogP contribution in [0.4, 0.5) is 0 Å². The monoisotopic (exact) mass is 1450 g/mol. The third-order valence-electron chi connectivity index (χ3n) is 20.5. The van der Waals surface area contributed by atoms with Crippen molar-refractivity contribution in [2.24, 2.45) is 0 Å². The standard InChI is InChI=1S/C83H151NO18/c1-3-5-7-9-11-13-15-17-19-21-23-25-27-29-31-32-33-34-35-37-39-41-43-45-47-49-51-53-55-57-59-61-71(89)84-66(67(88)60-58-56-54-52-50-48-46-44-42-40-38-36-30-28-26-24-22-20-18-16-14-12-10-8-6-4-2)65-97-81-77(95)74(92)79(69(63-86)99-81)102-83-78(96)75(93)80(70(64-87)100-83)101-82-76(94)73(91)72(90)68(62-85)98-82/h15,17,21,23,27,29,50,52,58,60,66-70,72-83,85-88,90-96H,3-14,16,18-20,22,24-26,28,30-49,51,53-57,59,61-65H2,1-2H3,(H,84,89)/b17-15-,23-21-,29-27-,52-50+,60-58+. The highest BCUT2D eigenvalue weighted by Gasteiger charge is 2.54. The lowest BCUT2D eigenvalue weighted by molar-refractivity contribution is -0.379. The van der Waals surface area contributed by atoms with Crippen LogP contribution in [0.1, 0.15) is 328 Å². The van der Waals surface area contributed by atoms with Crippen molar-refractivity contribution in [3.63, 3.8) is 0 Å². The molecule has 3 fully saturated rings. The van der Waals surface area contributed by atoms with Crippen LogP contribution in [0, 0.1) is 0 Å². The zero-order valence-corrected chi connectivity index (χ0v) is 63.8. The quantitative estimate of drug-likeness (QED) is 0.0199. The number of nitrogens with one attached hydrogen (secondary N) is 1. The number of aliphatic hydroxyl groups excluding tert-OH is 11. The fourth-order valence-electron chi connectivity index (χ4n) is 13.9. The Labute approximate surface area is 617 Å². The van der Waals surface area contributed by atoms with E-state index in [2.05, 4.69) is 67.8 Å². The molecule has 0 aromatic rings. The first-order chi connectivity index (χ1) is 49.8. The second kappa shape index (κ2) is 63.4. The van der Waals surface area contributed by atoms with Gasteiger partial charge in [-0.2, -0.15) is 0 Å². The van der Waals surface area contributed by atoms with Crippen molar-refractivity contribution in [3.05, 3.63) is 60.8 Å². The Morgan fingerprint density at radius 3 is 1.05 bits per heavy atom. The van der Waals surface area contributed by atoms with E-state index in [9.17, 15) is 61.0 Å². The third-order valence-corrected chi connectivity index (χ3v) is 20.5. The van der Waals surface area contributed by atoms with Crippen LogP contribution in [0.3, 0.4) is 0 Å². The highest BCUT2D eigenvalue weighted by Crippen LogP contribution is 2.33. The van der Waals surface area contributed by atoms with Gasteiger partial charge >= 0.3 is 0 Å². The lowest BCUT2D eigenvalue weighted by Crippen LogP contribution is -2.66. The van der Waals surface area contributed by atoms with E-state index in [1.54, 1.807) is 6.08 Å². The summed E-state index contributed by atoms with van der Waals surface area (Å²) in [5.41, 5.74) is 0. The van der Waals surface area contributed by atoms with Crippen molar-refractivity contribution in [2.75, 3.05) is 26.4 Å². The SMILES string of the molecule is CCCCCCC/C=C\C/C=C\C/C=C\CCCCCCCCCCCCCCCCCCC(=O)NC(COC1OC(CO)C(OC2OC(CO)C(OC3OC(CO)C(O)C(O)C3O)C(O)C2O)C(O)C1O)C(O)/C=C/CC/C=C/CCCCCCCCCCCCCCCCCCCCCC. The minimum Gasteiger partial charge on any atom is -0.394 e. The number of carbonyl (C=O) groups is 1. The van der Waals surface area contributed by atoms with Gasteiger partial charge < -0.3 is 89.9 Å². The van der Waals surface area contributed by atoms with E-state index in [0.29, 0.717) is 12.8 Å². The van der Waals surface area contributed by atoms with Crippen LogP contribution in [0.25, 0.3) is 0 Å². The van der Waals surface area contributed by atoms with Gasteiger partial charge in [-0.05, 0) is 70.6 Å². The molecule has 3 rings (SSSR count). The molecule has 12 N–H and O–H groups in total. The van der Waals surface area contributed by atoms with E-state index in [4.69, 9.17) is 28.4 Å². The average molecular weight is 1450 g/mol. The number of hydrogen-bond acceptors (Lipinski definition) is 18. The van der Waals surface area contributed by atoms with E-state index in [0.717, 1.165) is 51.4 Å². The van der Waals surface area contributed by atoms with E-state index >= 15 is 0 Å². The van der Waals surface area contributed by atoms with Crippen molar-refractivity contribution >= 4 is 5.91 Å². The van der Waals surface area contributed by atoms with Crippen LogP contribution in [-0.4, -0.2) is 193 Å². The fraction of sp³-hybridized carbons (Fsp3) is 0.867. The van der Waals surface area contributed by atoms with Crippen LogP contribution < -0.4 is 5.32 Å². The summed E-state index contributed by atoms with van der Waals surface area (Å²) in [5.74, 6) is -0.282. The zero-order valence-electron chi connectivity index (χ0n) is 63.8. The molecular formula is C83H151NO18. The predicted molar refractivity (Wildman–Crippen MR) is 406 cm³/mol. The molecule has 0 bridgehead atoms. The van der Waals surface area contributed by atoms with Gasteiger partial charge in [0.1, 0.15) is 73.2 Å². The summed E-state index contributed by atoms with van der Waals surface area (Å²) in [4.78, 5) is 13.5. The van der Waals surface area contributed by atoms with Crippen molar-refractivity contribution in [3.8, 4) is 0 Å². The van der Waals surface area contributed by atoms with Gasteiger partial charge in [-0.1, -0.05) is 312 Å². The van der Waals surface area contributed by atoms with Crippen molar-refractivity contribution in [1.82, 2.24) is 5.32 Å². The first-order valence-electron chi connectivity index (χ1n) is 41.5. The number of rotatable bonds is 66. The van der Waals surface area contributed by atoms with Gasteiger partial charge in [0.25, 0.3) is 0 Å². The Balaban J connectivity index is 1.37. The zero-order chi connectivity index (χ0) is 73.9. The Morgan fingerprint density at radius 2 is 0.657 bits per heavy atom. The van der Waals surface area contributed by atoms with Crippen molar-refractivity contribution in [2.45, 2.75) is 433 Å². The smallest absolute Gasteiger partial charge is 0.220 e. The highest BCUT2D eigenvalue weighted by molar-refractivity contribution is 5.76. The van der Waals surface area contributed by atoms with E-state index in [1.165, 1.54) is 244 Å². The molecule has 596 valence electrons. The molecule has 17 atom stereocenters. The van der Waals surface area contributed by atoms with Gasteiger partial charge in [0.15, 0.2) is 18.9 Å². The summed E-state index contributed by atoms with van der Waals surface area (Å²) in [6.45, 7) is 1.75. The number of amides is 1. The number of unbranched alkanes of at least 4 members (excludes halogenated alkanes) is 42. The molecule has 19 nitrogen and oxygen atoms in total. The highest BCUT2D eigenvalue weighted by atomic mass is 16.8. The van der Waals surface area contributed by atoms with Crippen molar-refractivity contribution in [1.29, 1.82) is 0 Å². The molecule has 3 aliphatic rings. The molecule has 19 heteroatoms. The van der Waals surface area contributed by atoms with Gasteiger partial charge in [-0.15, -0.1) is 0 Å². The van der Waals surface area contributed by atoms with Gasteiger partial charge in [0, 0.05) is 6.42 Å². The van der Waals surface area contributed by atoms with Gasteiger partial charge in [-0.3, -0.25) is 4.79 Å². The molecule has 0 saturated carbocycles. The lowest BCUT2D eigenvalue weighted by atomic mass is 9.96. The second-order valence-electron chi connectivity index (χ2n) is 29.6. The first-order valence-corrected chi connectivity index (χ1v) is 41.5. The minimum atomic E-state index is -1.98. The van der Waals surface area contributed by atoms with E-state index < -0.39 is 124 Å². The molecular weight excluding hydrogens is 1300 g/mol. The molecule has 3 heterocycles. The summed E-state index contributed by atoms with van der Waals surface area (Å²) in [6, 6.07) is -0.993. The van der Waals surface area contributed by atoms with Gasteiger partial charge in [-0.25, -0.2) is 0 Å². The van der Waals surface area contributed by atoms with Crippen LogP contribution in [0.5, 0.6) is 0 Å². The van der Waals surface area contributed by atoms with Crippen molar-refractivity contribution < 1.29 is 89.4 Å². The molecule has 17 unspecified atom stereocenters. The van der Waals surface area contributed by atoms with Gasteiger partial charge in [0.2, 0.25) is 5.91 Å². The Morgan fingerprint density at radius 1 is 0.353 bits per heavy atom. The van der Waals surface area contributed by atoms with Gasteiger partial charge in [0.05, 0.1) is 38.6 Å². The molecule has 3 saturated heterocycles. The normalized spacial score (nSPS) is 26.5. The summed E-state index contributed by atoms with van der Waals surface area (Å²) in [6.07, 6.45) is 55.0. The number of carbonyl (C=O) groups excluding carboxylic acids is 1. The largest absolute Gasteiger partial charge is 0.394 e. The van der Waals surface area contributed by atoms with Crippen LogP contribution in [0.2, 0.25) is 0 Å². The van der Waals surface area contributed by atoms with E-state index in [-0.39, 0.29) is 18.9 Å². The Kier molecular flexibility index (Phi) is 58.3. The summed E-state index contributed by atoms with van der Waals surface area (Å²) in [7, 11) is 0. The number of aliphatic hydroxyl groups is 11. The van der Waals surface area contributed by atoms with Crippen LogP contribution in [0.15, 0.2) is 60.8 Å².